The van der Waals surface area contributed by atoms with E-state index in [0.717, 1.165) is 5.69 Å². The van der Waals surface area contributed by atoms with E-state index < -0.39 is 0 Å². The Morgan fingerprint density at radius 1 is 1.39 bits per heavy atom. The van der Waals surface area contributed by atoms with E-state index >= 15 is 0 Å². The molecule has 94 valence electrons. The van der Waals surface area contributed by atoms with Crippen LogP contribution in [-0.4, -0.2) is 17.5 Å². The quantitative estimate of drug-likeness (QED) is 0.900. The Morgan fingerprint density at radius 3 is 2.83 bits per heavy atom. The Balaban J connectivity index is 1.73. The van der Waals surface area contributed by atoms with Crippen LogP contribution in [0.1, 0.15) is 5.69 Å². The SMILES string of the molecule is O=C(COc1ccc(F)cc1)NCc1cscn1. The highest BCUT2D eigenvalue weighted by Gasteiger charge is 2.03. The van der Waals surface area contributed by atoms with Gasteiger partial charge in [0.1, 0.15) is 11.6 Å². The molecule has 0 radical (unpaired) electrons. The zero-order valence-corrected chi connectivity index (χ0v) is 10.2. The highest BCUT2D eigenvalue weighted by molar-refractivity contribution is 7.07. The molecular formula is C12H11FN2O2S. The van der Waals surface area contributed by atoms with Crippen LogP contribution in [0.4, 0.5) is 4.39 Å². The van der Waals surface area contributed by atoms with Crippen LogP contribution in [0.25, 0.3) is 0 Å². The topological polar surface area (TPSA) is 51.2 Å². The van der Waals surface area contributed by atoms with Gasteiger partial charge in [0.05, 0.1) is 17.7 Å². The van der Waals surface area contributed by atoms with Crippen LogP contribution < -0.4 is 10.1 Å². The van der Waals surface area contributed by atoms with Crippen molar-refractivity contribution in [1.82, 2.24) is 10.3 Å². The number of amides is 1. The normalized spacial score (nSPS) is 10.1. The molecule has 0 unspecified atom stereocenters. The van der Waals surface area contributed by atoms with Crippen molar-refractivity contribution in [2.24, 2.45) is 0 Å². The molecule has 0 aliphatic heterocycles. The van der Waals surface area contributed by atoms with Gasteiger partial charge in [0.2, 0.25) is 0 Å². The molecule has 0 bridgehead atoms. The first-order valence-corrected chi connectivity index (χ1v) is 6.20. The number of carbonyl (C=O) groups is 1. The molecule has 1 N–H and O–H groups in total. The number of carbonyl (C=O) groups excluding carboxylic acids is 1. The van der Waals surface area contributed by atoms with E-state index in [1.165, 1.54) is 35.6 Å². The molecule has 0 aliphatic rings. The van der Waals surface area contributed by atoms with Crippen molar-refractivity contribution in [2.45, 2.75) is 6.54 Å². The van der Waals surface area contributed by atoms with Gasteiger partial charge < -0.3 is 10.1 Å². The van der Waals surface area contributed by atoms with Gasteiger partial charge in [-0.15, -0.1) is 11.3 Å². The maximum Gasteiger partial charge on any atom is 0.258 e. The Hall–Kier alpha value is -1.95. The molecule has 2 rings (SSSR count). The van der Waals surface area contributed by atoms with Crippen LogP contribution in [0.5, 0.6) is 5.75 Å². The van der Waals surface area contributed by atoms with Gasteiger partial charge in [-0.3, -0.25) is 4.79 Å². The second-order valence-electron chi connectivity index (χ2n) is 3.50. The maximum atomic E-state index is 12.6. The lowest BCUT2D eigenvalue weighted by Gasteiger charge is -2.06. The first kappa shape index (κ1) is 12.5. The molecule has 18 heavy (non-hydrogen) atoms. The molecule has 0 aliphatic carbocycles. The highest BCUT2D eigenvalue weighted by Crippen LogP contribution is 2.10. The van der Waals surface area contributed by atoms with Crippen LogP contribution >= 0.6 is 11.3 Å². The third-order valence-electron chi connectivity index (χ3n) is 2.13. The first-order valence-electron chi connectivity index (χ1n) is 5.26. The molecule has 0 saturated heterocycles. The lowest BCUT2D eigenvalue weighted by Crippen LogP contribution is -2.28. The third-order valence-corrected chi connectivity index (χ3v) is 2.77. The second-order valence-corrected chi connectivity index (χ2v) is 4.22. The molecule has 0 fully saturated rings. The average Bonchev–Trinajstić information content (AvgIpc) is 2.89. The van der Waals surface area contributed by atoms with Crippen molar-refractivity contribution in [1.29, 1.82) is 0 Å². The fourth-order valence-electron chi connectivity index (χ4n) is 1.24. The zero-order chi connectivity index (χ0) is 12.8. The molecule has 2 aromatic rings. The summed E-state index contributed by atoms with van der Waals surface area (Å²) < 4.78 is 17.8. The number of nitrogens with one attached hydrogen (secondary N) is 1. The number of aromatic nitrogens is 1. The largest absolute Gasteiger partial charge is 0.484 e. The molecule has 6 heteroatoms. The zero-order valence-electron chi connectivity index (χ0n) is 9.43. The molecule has 1 heterocycles. The van der Waals surface area contributed by atoms with Crippen molar-refractivity contribution < 1.29 is 13.9 Å². The van der Waals surface area contributed by atoms with Gasteiger partial charge >= 0.3 is 0 Å². The van der Waals surface area contributed by atoms with Crippen molar-refractivity contribution in [2.75, 3.05) is 6.61 Å². The summed E-state index contributed by atoms with van der Waals surface area (Å²) in [5, 5.41) is 4.54. The summed E-state index contributed by atoms with van der Waals surface area (Å²) in [4.78, 5) is 15.5. The minimum atomic E-state index is -0.338. The minimum Gasteiger partial charge on any atom is -0.484 e. The fourth-order valence-corrected chi connectivity index (χ4v) is 1.80. The summed E-state index contributed by atoms with van der Waals surface area (Å²) in [5.74, 6) is -0.122. The summed E-state index contributed by atoms with van der Waals surface area (Å²) in [6, 6.07) is 5.51. The molecule has 1 aromatic heterocycles. The Bertz CT molecular complexity index is 499. The van der Waals surface area contributed by atoms with Gasteiger partial charge in [-0.1, -0.05) is 0 Å². The third kappa shape index (κ3) is 3.81. The van der Waals surface area contributed by atoms with E-state index in [-0.39, 0.29) is 18.3 Å². The lowest BCUT2D eigenvalue weighted by atomic mass is 10.3. The van der Waals surface area contributed by atoms with Crippen LogP contribution in [-0.2, 0) is 11.3 Å². The van der Waals surface area contributed by atoms with E-state index in [0.29, 0.717) is 12.3 Å². The molecule has 4 nitrogen and oxygen atoms in total. The second kappa shape index (κ2) is 6.11. The molecule has 0 spiro atoms. The van der Waals surface area contributed by atoms with Gasteiger partial charge in [-0.05, 0) is 24.3 Å². The predicted molar refractivity (Wildman–Crippen MR) is 65.9 cm³/mol. The average molecular weight is 266 g/mol. The molecular weight excluding hydrogens is 255 g/mol. The van der Waals surface area contributed by atoms with Crippen LogP contribution in [0.15, 0.2) is 35.2 Å². The van der Waals surface area contributed by atoms with E-state index in [1.54, 1.807) is 5.51 Å². The molecule has 1 aromatic carbocycles. The summed E-state index contributed by atoms with van der Waals surface area (Å²) in [6.07, 6.45) is 0. The van der Waals surface area contributed by atoms with Gasteiger partial charge in [0.25, 0.3) is 5.91 Å². The Kier molecular flexibility index (Phi) is 4.25. The number of halogens is 1. The molecule has 0 atom stereocenters. The van der Waals surface area contributed by atoms with E-state index in [4.69, 9.17) is 4.74 Å². The number of thiazole rings is 1. The Morgan fingerprint density at radius 2 is 2.17 bits per heavy atom. The van der Waals surface area contributed by atoms with E-state index in [1.807, 2.05) is 5.38 Å². The predicted octanol–water partition coefficient (Wildman–Crippen LogP) is 1.98. The fraction of sp³-hybridized carbons (Fsp3) is 0.167. The van der Waals surface area contributed by atoms with Crippen LogP contribution in [0, 0.1) is 5.82 Å². The number of benzene rings is 1. The van der Waals surface area contributed by atoms with Crippen LogP contribution in [0.2, 0.25) is 0 Å². The van der Waals surface area contributed by atoms with Gasteiger partial charge in [0, 0.05) is 5.38 Å². The summed E-state index contributed by atoms with van der Waals surface area (Å²) in [6.45, 7) is 0.283. The van der Waals surface area contributed by atoms with E-state index in [2.05, 4.69) is 10.3 Å². The summed E-state index contributed by atoms with van der Waals surface area (Å²) in [7, 11) is 0. The van der Waals surface area contributed by atoms with Crippen molar-refractivity contribution >= 4 is 17.2 Å². The van der Waals surface area contributed by atoms with Crippen molar-refractivity contribution in [3.63, 3.8) is 0 Å². The summed E-state index contributed by atoms with van der Waals surface area (Å²) in [5.41, 5.74) is 2.52. The van der Waals surface area contributed by atoms with Gasteiger partial charge in [-0.2, -0.15) is 0 Å². The maximum absolute atomic E-state index is 12.6. The number of nitrogens with zero attached hydrogens (tertiary/aromatic N) is 1. The Labute approximate surface area is 107 Å². The standard InChI is InChI=1S/C12H11FN2O2S/c13-9-1-3-11(4-2-9)17-6-12(16)14-5-10-7-18-8-15-10/h1-4,7-8H,5-6H2,(H,14,16). The molecule has 0 saturated carbocycles. The number of rotatable bonds is 5. The summed E-state index contributed by atoms with van der Waals surface area (Å²) >= 11 is 1.47. The van der Waals surface area contributed by atoms with Crippen molar-refractivity contribution in [3.05, 3.63) is 46.7 Å². The first-order chi connectivity index (χ1) is 8.74. The highest BCUT2D eigenvalue weighted by atomic mass is 32.1. The number of hydrogen-bond acceptors (Lipinski definition) is 4. The van der Waals surface area contributed by atoms with Crippen molar-refractivity contribution in [3.8, 4) is 5.75 Å². The van der Waals surface area contributed by atoms with Crippen LogP contribution in [0.3, 0.4) is 0 Å². The lowest BCUT2D eigenvalue weighted by molar-refractivity contribution is -0.123. The molecule has 1 amide bonds. The van der Waals surface area contributed by atoms with Gasteiger partial charge in [-0.25, -0.2) is 9.37 Å². The number of hydrogen-bond donors (Lipinski definition) is 1. The monoisotopic (exact) mass is 266 g/mol. The van der Waals surface area contributed by atoms with Gasteiger partial charge in [0.15, 0.2) is 6.61 Å². The number of ether oxygens (including phenoxy) is 1. The minimum absolute atomic E-state index is 0.101. The van der Waals surface area contributed by atoms with E-state index in [9.17, 15) is 9.18 Å². The smallest absolute Gasteiger partial charge is 0.258 e.